The van der Waals surface area contributed by atoms with Gasteiger partial charge in [0.2, 0.25) is 11.9 Å². The van der Waals surface area contributed by atoms with Gasteiger partial charge in [0, 0.05) is 38.4 Å². The fourth-order valence-corrected chi connectivity index (χ4v) is 6.60. The zero-order valence-electron chi connectivity index (χ0n) is 23.7. The maximum absolute atomic E-state index is 14.9. The summed E-state index contributed by atoms with van der Waals surface area (Å²) in [5.41, 5.74) is -0.763. The van der Waals surface area contributed by atoms with Crippen LogP contribution in [0.25, 0.3) is 0 Å². The van der Waals surface area contributed by atoms with Crippen LogP contribution in [0.2, 0.25) is 5.02 Å². The molecule has 3 aromatic rings. The van der Waals surface area contributed by atoms with E-state index in [0.29, 0.717) is 35.1 Å². The molecule has 2 aromatic heterocycles. The number of benzene rings is 1. The van der Waals surface area contributed by atoms with Crippen molar-refractivity contribution in [2.45, 2.75) is 57.8 Å². The van der Waals surface area contributed by atoms with Crippen LogP contribution < -0.4 is 9.64 Å². The monoisotopic (exact) mass is 620 g/mol. The van der Waals surface area contributed by atoms with Crippen molar-refractivity contribution < 1.29 is 27.1 Å². The molecule has 1 aliphatic carbocycles. The Balaban J connectivity index is 0.946. The highest BCUT2D eigenvalue weighted by atomic mass is 35.5. The Bertz CT molecular complexity index is 1460. The topological polar surface area (TPSA) is 76.4 Å². The number of ether oxygens (including phenoxy) is 1. The van der Waals surface area contributed by atoms with E-state index in [-0.39, 0.29) is 36.8 Å². The predicted molar refractivity (Wildman–Crippen MR) is 151 cm³/mol. The number of halogens is 5. The van der Waals surface area contributed by atoms with Gasteiger partial charge >= 0.3 is 6.18 Å². The van der Waals surface area contributed by atoms with Crippen molar-refractivity contribution in [1.29, 1.82) is 0 Å². The number of anilines is 1. The summed E-state index contributed by atoms with van der Waals surface area (Å²) in [6.45, 7) is 4.41. The third kappa shape index (κ3) is 6.58. The van der Waals surface area contributed by atoms with Gasteiger partial charge in [-0.25, -0.2) is 19.3 Å². The number of hydrogen-bond donors (Lipinski definition) is 0. The molecule has 0 radical (unpaired) electrons. The Morgan fingerprint density at radius 2 is 1.86 bits per heavy atom. The van der Waals surface area contributed by atoms with Gasteiger partial charge in [-0.05, 0) is 62.0 Å². The van der Waals surface area contributed by atoms with Gasteiger partial charge < -0.3 is 19.1 Å². The molecule has 2 fully saturated rings. The summed E-state index contributed by atoms with van der Waals surface area (Å²) in [5, 5.41) is 0.531. The van der Waals surface area contributed by atoms with E-state index in [1.807, 2.05) is 0 Å². The van der Waals surface area contributed by atoms with Crippen molar-refractivity contribution in [2.75, 3.05) is 31.1 Å². The lowest BCUT2D eigenvalue weighted by molar-refractivity contribution is -0.141. The summed E-state index contributed by atoms with van der Waals surface area (Å²) >= 11 is 5.89. The number of imidazole rings is 1. The van der Waals surface area contributed by atoms with Crippen LogP contribution in [0.5, 0.6) is 5.75 Å². The molecule has 2 aliphatic heterocycles. The third-order valence-electron chi connectivity index (χ3n) is 8.98. The zero-order valence-corrected chi connectivity index (χ0v) is 24.5. The van der Waals surface area contributed by atoms with Crippen LogP contribution in [-0.4, -0.2) is 56.6 Å². The second kappa shape index (κ2) is 11.9. The maximum atomic E-state index is 14.9. The lowest BCUT2D eigenvalue weighted by Crippen LogP contribution is -2.41. The minimum Gasteiger partial charge on any atom is -0.493 e. The number of amides is 1. The Labute approximate surface area is 252 Å². The SMILES string of the molecule is CC1c2nc(C(F)(F)F)cn2CCN1C(=O)Cc1ccc(OCC[C@@H]2CC2C2CCN(c3ncc(Cl)cn3)CC2)cc1F. The van der Waals surface area contributed by atoms with Crippen molar-refractivity contribution in [3.63, 3.8) is 0 Å². The first-order chi connectivity index (χ1) is 20.6. The lowest BCUT2D eigenvalue weighted by atomic mass is 9.90. The van der Waals surface area contributed by atoms with Crippen molar-refractivity contribution in [3.05, 3.63) is 64.7 Å². The first kappa shape index (κ1) is 29.7. The molecule has 43 heavy (non-hydrogen) atoms. The second-order valence-corrected chi connectivity index (χ2v) is 12.1. The molecule has 1 saturated carbocycles. The van der Waals surface area contributed by atoms with E-state index in [2.05, 4.69) is 19.9 Å². The summed E-state index contributed by atoms with van der Waals surface area (Å²) in [5.74, 6) is 2.38. The van der Waals surface area contributed by atoms with Crippen LogP contribution in [0, 0.1) is 23.6 Å². The molecule has 13 heteroatoms. The molecular weight excluding hydrogens is 588 g/mol. The number of aromatic nitrogens is 4. The summed E-state index contributed by atoms with van der Waals surface area (Å²) in [6, 6.07) is 3.84. The first-order valence-electron chi connectivity index (χ1n) is 14.6. The smallest absolute Gasteiger partial charge is 0.434 e. The predicted octanol–water partition coefficient (Wildman–Crippen LogP) is 5.95. The number of fused-ring (bicyclic) bond motifs is 1. The van der Waals surface area contributed by atoms with E-state index in [4.69, 9.17) is 16.3 Å². The Morgan fingerprint density at radius 3 is 2.56 bits per heavy atom. The minimum absolute atomic E-state index is 0.173. The quantitative estimate of drug-likeness (QED) is 0.290. The Morgan fingerprint density at radius 1 is 1.12 bits per heavy atom. The first-order valence-corrected chi connectivity index (χ1v) is 15.0. The standard InChI is InChI=1S/C30H33ClF4N6O2/c1-18-28-38-26(30(33,34)35)17-40(28)9-10-41(18)27(42)13-21-2-3-23(14-25(21)32)43-11-6-20-12-24(20)19-4-7-39(8-5-19)29-36-15-22(31)16-37-29/h2-3,14-20,24H,4-13H2,1H3/t18?,20-,24?/m1/s1. The molecule has 3 aliphatic rings. The van der Waals surface area contributed by atoms with E-state index in [1.54, 1.807) is 25.4 Å². The number of piperidine rings is 1. The average molecular weight is 621 g/mol. The van der Waals surface area contributed by atoms with Gasteiger partial charge in [-0.1, -0.05) is 17.7 Å². The van der Waals surface area contributed by atoms with Gasteiger partial charge in [-0.3, -0.25) is 4.79 Å². The molecule has 0 N–H and O–H groups in total. The van der Waals surface area contributed by atoms with Crippen LogP contribution in [0.3, 0.4) is 0 Å². The third-order valence-corrected chi connectivity index (χ3v) is 9.17. The highest BCUT2D eigenvalue weighted by Gasteiger charge is 2.43. The number of rotatable bonds is 8. The fourth-order valence-electron chi connectivity index (χ4n) is 6.50. The Hall–Kier alpha value is -3.41. The van der Waals surface area contributed by atoms with Crippen molar-refractivity contribution in [2.24, 2.45) is 17.8 Å². The minimum atomic E-state index is -4.56. The second-order valence-electron chi connectivity index (χ2n) is 11.7. The van der Waals surface area contributed by atoms with E-state index in [1.165, 1.54) is 28.0 Å². The molecule has 1 amide bonds. The summed E-state index contributed by atoms with van der Waals surface area (Å²) in [6.07, 6.45) is 3.77. The van der Waals surface area contributed by atoms with Crippen molar-refractivity contribution >= 4 is 23.5 Å². The molecule has 0 bridgehead atoms. The van der Waals surface area contributed by atoms with Gasteiger partial charge in [-0.15, -0.1) is 0 Å². The molecule has 4 heterocycles. The number of hydrogen-bond acceptors (Lipinski definition) is 6. The van der Waals surface area contributed by atoms with E-state index < -0.39 is 23.7 Å². The highest BCUT2D eigenvalue weighted by Crippen LogP contribution is 2.50. The van der Waals surface area contributed by atoms with Crippen LogP contribution in [0.15, 0.2) is 36.8 Å². The van der Waals surface area contributed by atoms with E-state index >= 15 is 0 Å². The van der Waals surface area contributed by atoms with E-state index in [0.717, 1.165) is 44.5 Å². The maximum Gasteiger partial charge on any atom is 0.434 e. The van der Waals surface area contributed by atoms with Crippen molar-refractivity contribution in [3.8, 4) is 5.75 Å². The average Bonchev–Trinajstić information content (AvgIpc) is 3.60. The van der Waals surface area contributed by atoms with Crippen LogP contribution in [0.4, 0.5) is 23.5 Å². The molecule has 1 aromatic carbocycles. The van der Waals surface area contributed by atoms with Crippen LogP contribution in [-0.2, 0) is 23.9 Å². The molecule has 2 unspecified atom stereocenters. The molecule has 0 spiro atoms. The molecule has 6 rings (SSSR count). The Kier molecular flexibility index (Phi) is 8.23. The molecule has 1 saturated heterocycles. The van der Waals surface area contributed by atoms with Crippen LogP contribution in [0.1, 0.15) is 55.7 Å². The summed E-state index contributed by atoms with van der Waals surface area (Å²) in [7, 11) is 0. The highest BCUT2D eigenvalue weighted by molar-refractivity contribution is 6.30. The van der Waals surface area contributed by atoms with Gasteiger partial charge in [-0.2, -0.15) is 13.2 Å². The summed E-state index contributed by atoms with van der Waals surface area (Å²) in [4.78, 5) is 29.0. The molecule has 230 valence electrons. The summed E-state index contributed by atoms with van der Waals surface area (Å²) < 4.78 is 61.5. The van der Waals surface area contributed by atoms with Gasteiger partial charge in [0.15, 0.2) is 5.69 Å². The van der Waals surface area contributed by atoms with Crippen molar-refractivity contribution in [1.82, 2.24) is 24.4 Å². The van der Waals surface area contributed by atoms with Gasteiger partial charge in [0.25, 0.3) is 0 Å². The van der Waals surface area contributed by atoms with Crippen LogP contribution >= 0.6 is 11.6 Å². The molecular formula is C30H33ClF4N6O2. The number of carbonyl (C=O) groups excluding carboxylic acids is 1. The normalized spacial score (nSPS) is 22.4. The molecule has 8 nitrogen and oxygen atoms in total. The number of alkyl halides is 3. The van der Waals surface area contributed by atoms with Gasteiger partial charge in [0.05, 0.1) is 36.5 Å². The fraction of sp³-hybridized carbons (Fsp3) is 0.533. The largest absolute Gasteiger partial charge is 0.493 e. The number of nitrogens with zero attached hydrogens (tertiary/aromatic N) is 6. The molecule has 3 atom stereocenters. The van der Waals surface area contributed by atoms with E-state index in [9.17, 15) is 22.4 Å². The number of carbonyl (C=O) groups is 1. The zero-order chi connectivity index (χ0) is 30.3. The lowest BCUT2D eigenvalue weighted by Gasteiger charge is -2.34. The van der Waals surface area contributed by atoms with Gasteiger partial charge in [0.1, 0.15) is 17.4 Å².